The minimum atomic E-state index is -0.600. The van der Waals surface area contributed by atoms with Gasteiger partial charge in [0.05, 0.1) is 16.6 Å². The van der Waals surface area contributed by atoms with Crippen LogP contribution in [0.3, 0.4) is 0 Å². The fourth-order valence-electron chi connectivity index (χ4n) is 2.35. The molecule has 0 spiro atoms. The highest BCUT2D eigenvalue weighted by Gasteiger charge is 2.17. The minimum absolute atomic E-state index is 0. The molecule has 2 aromatic rings. The smallest absolute Gasteiger partial charge is 0.257 e. The van der Waals surface area contributed by atoms with Crippen LogP contribution in [-0.2, 0) is 4.79 Å². The van der Waals surface area contributed by atoms with E-state index in [9.17, 15) is 9.59 Å². The molecule has 0 aliphatic carbocycles. The summed E-state index contributed by atoms with van der Waals surface area (Å²) in [5, 5.41) is 5.80. The number of benzene rings is 2. The summed E-state index contributed by atoms with van der Waals surface area (Å²) in [6.45, 7) is 4.00. The molecule has 0 aliphatic heterocycles. The van der Waals surface area contributed by atoms with Gasteiger partial charge in [0.1, 0.15) is 0 Å². The summed E-state index contributed by atoms with van der Waals surface area (Å²) in [4.78, 5) is 24.6. The van der Waals surface area contributed by atoms with Gasteiger partial charge in [-0.1, -0.05) is 43.6 Å². The molecule has 5 nitrogen and oxygen atoms in total. The molecule has 26 heavy (non-hydrogen) atoms. The van der Waals surface area contributed by atoms with Crippen molar-refractivity contribution < 1.29 is 9.59 Å². The van der Waals surface area contributed by atoms with Gasteiger partial charge in [0.2, 0.25) is 5.91 Å². The molecular formula is C19H23Cl2N3O2. The topological polar surface area (TPSA) is 84.2 Å². The number of nitrogens with two attached hydrogens (primary N) is 1. The normalized spacial score (nSPS) is 11.4. The molecule has 0 unspecified atom stereocenters. The number of carbonyl (C=O) groups is 2. The Balaban J connectivity index is 0.00000338. The maximum absolute atomic E-state index is 12.4. The molecule has 140 valence electrons. The summed E-state index contributed by atoms with van der Waals surface area (Å²) in [6.07, 6.45) is 0.584. The van der Waals surface area contributed by atoms with Crippen LogP contribution in [0.4, 0.5) is 11.4 Å². The van der Waals surface area contributed by atoms with Crippen LogP contribution in [0.5, 0.6) is 0 Å². The zero-order valence-electron chi connectivity index (χ0n) is 14.7. The molecule has 0 aromatic heterocycles. The van der Waals surface area contributed by atoms with E-state index >= 15 is 0 Å². The summed E-state index contributed by atoms with van der Waals surface area (Å²) in [5.41, 5.74) is 7.30. The first-order chi connectivity index (χ1) is 11.9. The molecule has 0 fully saturated rings. The third kappa shape index (κ3) is 6.33. The van der Waals surface area contributed by atoms with Crippen molar-refractivity contribution in [3.8, 4) is 0 Å². The first-order valence-corrected chi connectivity index (χ1v) is 8.47. The summed E-state index contributed by atoms with van der Waals surface area (Å²) < 4.78 is 0. The number of hydrogen-bond donors (Lipinski definition) is 3. The van der Waals surface area contributed by atoms with Crippen LogP contribution in [0.1, 0.15) is 30.6 Å². The van der Waals surface area contributed by atoms with Gasteiger partial charge in [-0.25, -0.2) is 0 Å². The van der Waals surface area contributed by atoms with E-state index in [0.29, 0.717) is 28.7 Å². The van der Waals surface area contributed by atoms with Gasteiger partial charge in [0.15, 0.2) is 0 Å². The molecule has 2 amide bonds. The molecule has 4 N–H and O–H groups in total. The SMILES string of the molecule is CC(C)C[C@H](N)C(=O)Nc1ccc(Cl)c(C(=O)Nc2ccccc2)c1.Cl. The second-order valence-corrected chi connectivity index (χ2v) is 6.65. The van der Waals surface area contributed by atoms with Gasteiger partial charge < -0.3 is 16.4 Å². The number of para-hydroxylation sites is 1. The monoisotopic (exact) mass is 395 g/mol. The average molecular weight is 396 g/mol. The fraction of sp³-hybridized carbons (Fsp3) is 0.263. The third-order valence-corrected chi connectivity index (χ3v) is 3.90. The molecule has 0 saturated carbocycles. The maximum atomic E-state index is 12.4. The highest BCUT2D eigenvalue weighted by molar-refractivity contribution is 6.34. The van der Waals surface area contributed by atoms with Crippen molar-refractivity contribution in [3.05, 3.63) is 59.1 Å². The predicted octanol–water partition coefficient (Wildman–Crippen LogP) is 4.33. The zero-order chi connectivity index (χ0) is 18.4. The predicted molar refractivity (Wildman–Crippen MR) is 109 cm³/mol. The Morgan fingerprint density at radius 3 is 2.31 bits per heavy atom. The first kappa shape index (κ1) is 22.0. The Morgan fingerprint density at radius 2 is 1.69 bits per heavy atom. The van der Waals surface area contributed by atoms with E-state index in [1.165, 1.54) is 0 Å². The molecular weight excluding hydrogens is 373 g/mol. The van der Waals surface area contributed by atoms with E-state index in [4.69, 9.17) is 17.3 Å². The fourth-order valence-corrected chi connectivity index (χ4v) is 2.55. The maximum Gasteiger partial charge on any atom is 0.257 e. The number of nitrogens with one attached hydrogen (secondary N) is 2. The largest absolute Gasteiger partial charge is 0.325 e. The highest BCUT2D eigenvalue weighted by Crippen LogP contribution is 2.22. The molecule has 0 bridgehead atoms. The van der Waals surface area contributed by atoms with E-state index in [1.54, 1.807) is 30.3 Å². The first-order valence-electron chi connectivity index (χ1n) is 8.09. The van der Waals surface area contributed by atoms with Crippen LogP contribution in [0.15, 0.2) is 48.5 Å². The Morgan fingerprint density at radius 1 is 1.04 bits per heavy atom. The number of halogens is 2. The van der Waals surface area contributed by atoms with Gasteiger partial charge in [-0.15, -0.1) is 12.4 Å². The van der Waals surface area contributed by atoms with Crippen molar-refractivity contribution in [3.63, 3.8) is 0 Å². The average Bonchev–Trinajstić information content (AvgIpc) is 2.56. The van der Waals surface area contributed by atoms with E-state index in [1.807, 2.05) is 32.0 Å². The number of carbonyl (C=O) groups excluding carboxylic acids is 2. The molecule has 2 aromatic carbocycles. The van der Waals surface area contributed by atoms with Crippen molar-refractivity contribution in [1.82, 2.24) is 0 Å². The lowest BCUT2D eigenvalue weighted by atomic mass is 10.0. The Labute approximate surface area is 164 Å². The Hall–Kier alpha value is -2.08. The molecule has 7 heteroatoms. The van der Waals surface area contributed by atoms with E-state index in [0.717, 1.165) is 0 Å². The molecule has 0 saturated heterocycles. The van der Waals surface area contributed by atoms with Crippen molar-refractivity contribution in [2.45, 2.75) is 26.3 Å². The minimum Gasteiger partial charge on any atom is -0.325 e. The van der Waals surface area contributed by atoms with Gasteiger partial charge >= 0.3 is 0 Å². The van der Waals surface area contributed by atoms with Crippen LogP contribution < -0.4 is 16.4 Å². The quantitative estimate of drug-likeness (QED) is 0.680. The molecule has 0 aliphatic rings. The van der Waals surface area contributed by atoms with Crippen molar-refractivity contribution >= 4 is 47.2 Å². The van der Waals surface area contributed by atoms with E-state index < -0.39 is 6.04 Å². The Kier molecular flexibility index (Phi) is 8.58. The van der Waals surface area contributed by atoms with Crippen LogP contribution >= 0.6 is 24.0 Å². The van der Waals surface area contributed by atoms with Crippen molar-refractivity contribution in [2.24, 2.45) is 11.7 Å². The molecule has 2 rings (SSSR count). The van der Waals surface area contributed by atoms with Crippen molar-refractivity contribution in [1.29, 1.82) is 0 Å². The lowest BCUT2D eigenvalue weighted by molar-refractivity contribution is -0.117. The van der Waals surface area contributed by atoms with Gasteiger partial charge in [0.25, 0.3) is 5.91 Å². The molecule has 0 radical (unpaired) electrons. The van der Waals surface area contributed by atoms with Crippen LogP contribution in [0.2, 0.25) is 5.02 Å². The van der Waals surface area contributed by atoms with Crippen LogP contribution in [0, 0.1) is 5.92 Å². The van der Waals surface area contributed by atoms with Crippen molar-refractivity contribution in [2.75, 3.05) is 10.6 Å². The van der Waals surface area contributed by atoms with E-state index in [2.05, 4.69) is 10.6 Å². The number of hydrogen-bond acceptors (Lipinski definition) is 3. The number of amides is 2. The second-order valence-electron chi connectivity index (χ2n) is 6.24. The molecule has 0 heterocycles. The van der Waals surface area contributed by atoms with Gasteiger partial charge in [-0.3, -0.25) is 9.59 Å². The van der Waals surface area contributed by atoms with Gasteiger partial charge in [0, 0.05) is 11.4 Å². The second kappa shape index (κ2) is 10.2. The number of anilines is 2. The lowest BCUT2D eigenvalue weighted by Crippen LogP contribution is -2.36. The van der Waals surface area contributed by atoms with Gasteiger partial charge in [-0.2, -0.15) is 0 Å². The number of rotatable bonds is 6. The molecule has 1 atom stereocenters. The summed E-state index contributed by atoms with van der Waals surface area (Å²) in [6, 6.07) is 13.2. The third-order valence-electron chi connectivity index (χ3n) is 3.57. The zero-order valence-corrected chi connectivity index (χ0v) is 16.2. The summed E-state index contributed by atoms with van der Waals surface area (Å²) >= 11 is 6.13. The summed E-state index contributed by atoms with van der Waals surface area (Å²) in [7, 11) is 0. The standard InChI is InChI=1S/C19H22ClN3O2.ClH/c1-12(2)10-17(21)19(25)23-14-8-9-16(20)15(11-14)18(24)22-13-6-4-3-5-7-13;/h3-9,11-12,17H,10,21H2,1-2H3,(H,22,24)(H,23,25);1H/t17-;/m0./s1. The van der Waals surface area contributed by atoms with E-state index in [-0.39, 0.29) is 29.8 Å². The van der Waals surface area contributed by atoms with Crippen LogP contribution in [0.25, 0.3) is 0 Å². The summed E-state index contributed by atoms with van der Waals surface area (Å²) in [5.74, 6) is -0.317. The van der Waals surface area contributed by atoms with Gasteiger partial charge in [-0.05, 0) is 42.7 Å². The lowest BCUT2D eigenvalue weighted by Gasteiger charge is -2.15. The highest BCUT2D eigenvalue weighted by atomic mass is 35.5. The Bertz CT molecular complexity index is 752. The van der Waals surface area contributed by atoms with Crippen LogP contribution in [-0.4, -0.2) is 17.9 Å².